The molecule has 7 nitrogen and oxygen atoms in total. The number of rotatable bonds is 6. The number of anilines is 2. The van der Waals surface area contributed by atoms with Crippen LogP contribution in [0.15, 0.2) is 84.9 Å². The normalized spacial score (nSPS) is 19.5. The molecule has 1 saturated heterocycles. The highest BCUT2D eigenvalue weighted by Gasteiger charge is 2.56. The second kappa shape index (κ2) is 10.9. The van der Waals surface area contributed by atoms with E-state index in [0.717, 1.165) is 49.7 Å². The highest BCUT2D eigenvalue weighted by atomic mass is 16.5. The van der Waals surface area contributed by atoms with Gasteiger partial charge < -0.3 is 19.3 Å². The summed E-state index contributed by atoms with van der Waals surface area (Å²) in [6, 6.07) is 26.6. The fourth-order valence-corrected chi connectivity index (χ4v) is 6.85. The molecule has 1 radical (unpaired) electrons. The van der Waals surface area contributed by atoms with Gasteiger partial charge in [-0.25, -0.2) is 0 Å². The van der Waals surface area contributed by atoms with Crippen LogP contribution in [0.2, 0.25) is 0 Å². The molecule has 0 N–H and O–H groups in total. The van der Waals surface area contributed by atoms with Crippen molar-refractivity contribution in [1.29, 1.82) is 0 Å². The number of benzene rings is 4. The first-order valence-electron chi connectivity index (χ1n) is 15.4. The number of ether oxygens (including phenoxy) is 2. The van der Waals surface area contributed by atoms with Crippen LogP contribution in [0.5, 0.6) is 11.5 Å². The van der Waals surface area contributed by atoms with Crippen LogP contribution in [0.4, 0.5) is 11.4 Å². The van der Waals surface area contributed by atoms with Crippen molar-refractivity contribution in [3.05, 3.63) is 102 Å². The Morgan fingerprint density at radius 3 is 1.91 bits per heavy atom. The summed E-state index contributed by atoms with van der Waals surface area (Å²) < 4.78 is 12.9. The summed E-state index contributed by atoms with van der Waals surface area (Å²) in [4.78, 5) is 17.4. The summed E-state index contributed by atoms with van der Waals surface area (Å²) in [5, 5.41) is 15.8. The lowest BCUT2D eigenvalue weighted by atomic mass is 9.83. The van der Waals surface area contributed by atoms with Crippen LogP contribution in [0, 0.1) is 5.92 Å². The Labute approximate surface area is 266 Å². The van der Waals surface area contributed by atoms with E-state index in [4.69, 9.17) is 9.47 Å². The number of fused-ring (bicyclic) bond motifs is 3. The van der Waals surface area contributed by atoms with Crippen LogP contribution in [0.3, 0.4) is 0 Å². The van der Waals surface area contributed by atoms with Crippen molar-refractivity contribution in [2.45, 2.75) is 50.8 Å². The Morgan fingerprint density at radius 1 is 0.822 bits per heavy atom. The predicted octanol–water partition coefficient (Wildman–Crippen LogP) is 7.45. The maximum absolute atomic E-state index is 13.3. The van der Waals surface area contributed by atoms with Crippen LogP contribution < -0.4 is 19.3 Å². The zero-order valence-corrected chi connectivity index (χ0v) is 27.4. The van der Waals surface area contributed by atoms with Gasteiger partial charge >= 0.3 is 5.97 Å². The number of hydrogen-bond donors (Lipinski definition) is 0. The summed E-state index contributed by atoms with van der Waals surface area (Å²) in [6.45, 7) is 7.37. The molecule has 2 aliphatic heterocycles. The van der Waals surface area contributed by atoms with Crippen molar-refractivity contribution >= 4 is 34.2 Å². The molecule has 1 atom stereocenters. The number of nitrogens with zero attached hydrogens (tertiary/aromatic N) is 3. The van der Waals surface area contributed by atoms with Crippen LogP contribution in [0.25, 0.3) is 16.8 Å². The molecule has 7 heteroatoms. The average molecular weight is 605 g/mol. The predicted molar refractivity (Wildman–Crippen MR) is 180 cm³/mol. The summed E-state index contributed by atoms with van der Waals surface area (Å²) in [7, 11) is 8.13. The molecule has 45 heavy (non-hydrogen) atoms. The molecule has 4 aromatic rings. The first-order valence-corrected chi connectivity index (χ1v) is 15.4. The molecule has 1 unspecified atom stereocenters. The summed E-state index contributed by atoms with van der Waals surface area (Å²) in [6.07, 6.45) is 4.72. The van der Waals surface area contributed by atoms with Crippen LogP contribution >= 0.6 is 0 Å². The van der Waals surface area contributed by atoms with E-state index in [-0.39, 0.29) is 5.97 Å². The van der Waals surface area contributed by atoms with E-state index in [1.807, 2.05) is 86.2 Å². The van der Waals surface area contributed by atoms with Gasteiger partial charge in [-0.2, -0.15) is 0 Å². The Kier molecular flexibility index (Phi) is 7.45. The van der Waals surface area contributed by atoms with Gasteiger partial charge in [0.05, 0.1) is 11.5 Å². The topological polar surface area (TPSA) is 65.2 Å². The molecule has 0 bridgehead atoms. The minimum atomic E-state index is -0.843. The highest BCUT2D eigenvalue weighted by Crippen LogP contribution is 2.46. The lowest BCUT2D eigenvalue weighted by molar-refractivity contribution is -0.248. The zero-order chi connectivity index (χ0) is 32.3. The molecule has 233 valence electrons. The third kappa shape index (κ3) is 5.24. The molecule has 0 saturated carbocycles. The van der Waals surface area contributed by atoms with Gasteiger partial charge in [0.1, 0.15) is 11.5 Å². The molecule has 0 aliphatic carbocycles. The van der Waals surface area contributed by atoms with Crippen molar-refractivity contribution in [2.75, 3.05) is 38.0 Å². The van der Waals surface area contributed by atoms with E-state index in [1.54, 1.807) is 0 Å². The Morgan fingerprint density at radius 2 is 1.40 bits per heavy atom. The fourth-order valence-electron chi connectivity index (χ4n) is 6.85. The third-order valence-electron chi connectivity index (χ3n) is 9.51. The summed E-state index contributed by atoms with van der Waals surface area (Å²) in [5.41, 5.74) is 2.98. The lowest BCUT2D eigenvalue weighted by Gasteiger charge is -2.37. The minimum Gasteiger partial charge on any atom is -0.473 e. The SMILES string of the molecule is CN(C)c1ccc(C2(c3ccc(N(C)C)cc3)C=Cc3c(ccc4cc(OC(=O)C5CC(C)(C)N([O])C5(C)C)ccc34)O2)cc1. The number of esters is 1. The molecule has 0 spiro atoms. The van der Waals surface area contributed by atoms with Gasteiger partial charge in [-0.3, -0.25) is 4.79 Å². The van der Waals surface area contributed by atoms with E-state index in [1.165, 1.54) is 0 Å². The van der Waals surface area contributed by atoms with E-state index in [0.29, 0.717) is 12.2 Å². The molecule has 0 aromatic heterocycles. The standard InChI is InChI=1S/C38H42N3O4/c1-36(2)24-33(37(3,4)41(36)43)35(42)44-30-18-19-31-25(23-30)9-20-34-32(31)21-22-38(45-34,26-10-14-28(15-11-26)39(5)6)27-12-16-29(17-13-27)40(7)8/h9-23,33H,24H2,1-8H3. The molecule has 1 fully saturated rings. The Balaban J connectivity index is 1.34. The molecular formula is C38H42N3O4. The smallest absolute Gasteiger partial charge is 0.316 e. The van der Waals surface area contributed by atoms with Gasteiger partial charge in [-0.05, 0) is 106 Å². The monoisotopic (exact) mass is 604 g/mol. The van der Waals surface area contributed by atoms with Gasteiger partial charge in [0.2, 0.25) is 0 Å². The minimum absolute atomic E-state index is 0.377. The van der Waals surface area contributed by atoms with Gasteiger partial charge in [-0.15, -0.1) is 10.3 Å². The highest BCUT2D eigenvalue weighted by molar-refractivity contribution is 5.95. The Hall–Kier alpha value is -4.33. The number of hydrogen-bond acceptors (Lipinski definition) is 6. The zero-order valence-electron chi connectivity index (χ0n) is 27.4. The average Bonchev–Trinajstić information content (AvgIpc) is 3.19. The summed E-state index contributed by atoms with van der Waals surface area (Å²) in [5.74, 6) is 0.334. The number of carbonyl (C=O) groups is 1. The third-order valence-corrected chi connectivity index (χ3v) is 9.51. The van der Waals surface area contributed by atoms with Crippen molar-refractivity contribution in [1.82, 2.24) is 5.06 Å². The Bertz CT molecular complexity index is 1720. The van der Waals surface area contributed by atoms with Crippen molar-refractivity contribution in [2.24, 2.45) is 5.92 Å². The van der Waals surface area contributed by atoms with Gasteiger partial charge in [0.15, 0.2) is 5.60 Å². The number of carbonyl (C=O) groups excluding carboxylic acids is 1. The molecule has 2 heterocycles. The largest absolute Gasteiger partial charge is 0.473 e. The van der Waals surface area contributed by atoms with Crippen LogP contribution in [0.1, 0.15) is 50.8 Å². The van der Waals surface area contributed by atoms with E-state index in [2.05, 4.69) is 70.5 Å². The molecule has 6 rings (SSSR count). The first kappa shape index (κ1) is 30.7. The van der Waals surface area contributed by atoms with Gasteiger partial charge in [0.25, 0.3) is 0 Å². The maximum Gasteiger partial charge on any atom is 0.316 e. The van der Waals surface area contributed by atoms with Crippen LogP contribution in [-0.4, -0.2) is 50.3 Å². The molecular weight excluding hydrogens is 562 g/mol. The van der Waals surface area contributed by atoms with E-state index >= 15 is 0 Å². The number of hydroxylamine groups is 2. The molecule has 2 aliphatic rings. The molecule has 4 aromatic carbocycles. The summed E-state index contributed by atoms with van der Waals surface area (Å²) >= 11 is 0. The van der Waals surface area contributed by atoms with Crippen LogP contribution in [-0.2, 0) is 15.6 Å². The van der Waals surface area contributed by atoms with E-state index < -0.39 is 22.6 Å². The quantitative estimate of drug-likeness (QED) is 0.168. The maximum atomic E-state index is 13.3. The fraction of sp³-hybridized carbons (Fsp3) is 0.342. The van der Waals surface area contributed by atoms with Gasteiger partial charge in [-0.1, -0.05) is 30.3 Å². The lowest BCUT2D eigenvalue weighted by Crippen LogP contribution is -2.47. The van der Waals surface area contributed by atoms with Crippen molar-refractivity contribution in [3.63, 3.8) is 0 Å². The molecule has 0 amide bonds. The second-order valence-electron chi connectivity index (χ2n) is 13.9. The van der Waals surface area contributed by atoms with Crippen molar-refractivity contribution in [3.8, 4) is 11.5 Å². The second-order valence-corrected chi connectivity index (χ2v) is 13.9. The first-order chi connectivity index (χ1) is 21.2. The van der Waals surface area contributed by atoms with Gasteiger partial charge in [0, 0.05) is 61.8 Å². The van der Waals surface area contributed by atoms with E-state index in [9.17, 15) is 10.0 Å². The van der Waals surface area contributed by atoms with Crippen molar-refractivity contribution < 1.29 is 19.5 Å².